The normalized spacial score (nSPS) is 11.4. The molecule has 0 saturated heterocycles. The molecule has 2 nitrogen and oxygen atoms in total. The Morgan fingerprint density at radius 3 is 2.31 bits per heavy atom. The van der Waals surface area contributed by atoms with Crippen LogP contribution >= 0.6 is 0 Å². The van der Waals surface area contributed by atoms with E-state index in [0.717, 1.165) is 13.0 Å². The molecule has 0 rings (SSSR count). The molecular weight excluding hydrogens is 178 g/mol. The predicted octanol–water partition coefficient (Wildman–Crippen LogP) is 2.63. The summed E-state index contributed by atoms with van der Waals surface area (Å²) in [6, 6.07) is 1.37. The van der Waals surface area contributed by atoms with E-state index in [4.69, 9.17) is 0 Å². The molecule has 3 heteroatoms. The molecule has 0 aromatic rings. The van der Waals surface area contributed by atoms with Crippen molar-refractivity contribution < 1.29 is 4.79 Å². The molecular formula is C10H23NOSi. The molecule has 0 aromatic carbocycles. The molecule has 13 heavy (non-hydrogen) atoms. The van der Waals surface area contributed by atoms with Crippen molar-refractivity contribution in [1.82, 2.24) is 5.32 Å². The highest BCUT2D eigenvalue weighted by atomic mass is 28.3. The van der Waals surface area contributed by atoms with Crippen molar-refractivity contribution >= 4 is 14.0 Å². The Hall–Kier alpha value is -0.313. The topological polar surface area (TPSA) is 29.1 Å². The van der Waals surface area contributed by atoms with Crippen LogP contribution in [-0.2, 0) is 4.79 Å². The fourth-order valence-corrected chi connectivity index (χ4v) is 2.44. The fraction of sp³-hybridized carbons (Fsp3) is 0.900. The molecule has 0 aliphatic rings. The van der Waals surface area contributed by atoms with Crippen LogP contribution in [0.1, 0.15) is 26.2 Å². The van der Waals surface area contributed by atoms with Gasteiger partial charge >= 0.3 is 0 Å². The fourth-order valence-electron chi connectivity index (χ4n) is 1.13. The lowest BCUT2D eigenvalue weighted by Gasteiger charge is -2.14. The maximum absolute atomic E-state index is 10.9. The highest BCUT2D eigenvalue weighted by Gasteiger charge is 2.11. The molecule has 0 aliphatic carbocycles. The smallest absolute Gasteiger partial charge is 0.219 e. The molecule has 1 amide bonds. The van der Waals surface area contributed by atoms with Gasteiger partial charge in [-0.15, -0.1) is 0 Å². The average molecular weight is 201 g/mol. The van der Waals surface area contributed by atoms with Gasteiger partial charge in [0.1, 0.15) is 0 Å². The van der Waals surface area contributed by atoms with Gasteiger partial charge in [-0.05, 0) is 6.42 Å². The number of carbonyl (C=O) groups excluding carboxylic acids is 1. The number of hydrogen-bond donors (Lipinski definition) is 1. The standard InChI is InChI=1S/C10H23NOSi/c1-5-10(12)11-8-6-7-9-13(2,3)4/h5-9H2,1-4H3,(H,11,12). The minimum atomic E-state index is -0.855. The maximum Gasteiger partial charge on any atom is 0.219 e. The van der Waals surface area contributed by atoms with Gasteiger partial charge in [-0.1, -0.05) is 39.0 Å². The number of hydrogen-bond acceptors (Lipinski definition) is 1. The second-order valence-electron chi connectivity index (χ2n) is 4.72. The van der Waals surface area contributed by atoms with E-state index in [1.807, 2.05) is 6.92 Å². The summed E-state index contributed by atoms with van der Waals surface area (Å²) in [7, 11) is -0.855. The first-order valence-corrected chi connectivity index (χ1v) is 8.93. The zero-order chi connectivity index (χ0) is 10.3. The van der Waals surface area contributed by atoms with Gasteiger partial charge in [0.2, 0.25) is 5.91 Å². The van der Waals surface area contributed by atoms with Crippen LogP contribution in [0, 0.1) is 0 Å². The van der Waals surface area contributed by atoms with E-state index in [-0.39, 0.29) is 5.91 Å². The Balaban J connectivity index is 3.22. The predicted molar refractivity (Wildman–Crippen MR) is 60.7 cm³/mol. The molecule has 0 aromatic heterocycles. The molecule has 0 saturated carbocycles. The van der Waals surface area contributed by atoms with Gasteiger partial charge in [0.15, 0.2) is 0 Å². The van der Waals surface area contributed by atoms with Crippen LogP contribution in [0.4, 0.5) is 0 Å². The van der Waals surface area contributed by atoms with Crippen molar-refractivity contribution in [2.24, 2.45) is 0 Å². The van der Waals surface area contributed by atoms with Gasteiger partial charge in [0.25, 0.3) is 0 Å². The van der Waals surface area contributed by atoms with Gasteiger partial charge in [0.05, 0.1) is 0 Å². The van der Waals surface area contributed by atoms with Gasteiger partial charge in [-0.3, -0.25) is 4.79 Å². The van der Waals surface area contributed by atoms with E-state index < -0.39 is 8.07 Å². The summed E-state index contributed by atoms with van der Waals surface area (Å²) >= 11 is 0. The van der Waals surface area contributed by atoms with E-state index in [2.05, 4.69) is 25.0 Å². The number of rotatable bonds is 6. The monoisotopic (exact) mass is 201 g/mol. The second-order valence-corrected chi connectivity index (χ2v) is 10.3. The van der Waals surface area contributed by atoms with Gasteiger partial charge in [0, 0.05) is 21.0 Å². The molecule has 0 bridgehead atoms. The van der Waals surface area contributed by atoms with Crippen LogP contribution in [0.5, 0.6) is 0 Å². The Morgan fingerprint density at radius 1 is 1.23 bits per heavy atom. The van der Waals surface area contributed by atoms with Crippen LogP contribution in [0.2, 0.25) is 25.7 Å². The molecule has 0 heterocycles. The maximum atomic E-state index is 10.9. The van der Waals surface area contributed by atoms with Crippen molar-refractivity contribution in [2.75, 3.05) is 6.54 Å². The van der Waals surface area contributed by atoms with Crippen LogP contribution in [0.3, 0.4) is 0 Å². The molecule has 0 fully saturated rings. The van der Waals surface area contributed by atoms with E-state index in [9.17, 15) is 4.79 Å². The SMILES string of the molecule is CCC(=O)NCCCC[Si](C)(C)C. The van der Waals surface area contributed by atoms with Crippen molar-refractivity contribution in [1.29, 1.82) is 0 Å². The van der Waals surface area contributed by atoms with Crippen molar-refractivity contribution in [3.63, 3.8) is 0 Å². The van der Waals surface area contributed by atoms with Crippen molar-refractivity contribution in [3.05, 3.63) is 0 Å². The van der Waals surface area contributed by atoms with Crippen molar-refractivity contribution in [2.45, 2.75) is 51.9 Å². The lowest BCUT2D eigenvalue weighted by Crippen LogP contribution is -2.24. The summed E-state index contributed by atoms with van der Waals surface area (Å²) in [6.07, 6.45) is 3.00. The number of nitrogens with one attached hydrogen (secondary N) is 1. The van der Waals surface area contributed by atoms with Gasteiger partial charge < -0.3 is 5.32 Å². The molecule has 78 valence electrons. The summed E-state index contributed by atoms with van der Waals surface area (Å²) in [5.41, 5.74) is 0. The highest BCUT2D eigenvalue weighted by molar-refractivity contribution is 6.76. The molecule has 0 atom stereocenters. The zero-order valence-electron chi connectivity index (χ0n) is 9.44. The van der Waals surface area contributed by atoms with Crippen LogP contribution in [0.25, 0.3) is 0 Å². The second kappa shape index (κ2) is 6.19. The first-order valence-electron chi connectivity index (χ1n) is 5.22. The third kappa shape index (κ3) is 9.60. The minimum Gasteiger partial charge on any atom is -0.356 e. The van der Waals surface area contributed by atoms with E-state index in [1.165, 1.54) is 12.5 Å². The van der Waals surface area contributed by atoms with Gasteiger partial charge in [-0.2, -0.15) is 0 Å². The van der Waals surface area contributed by atoms with Gasteiger partial charge in [-0.25, -0.2) is 0 Å². The Kier molecular flexibility index (Phi) is 6.04. The number of amides is 1. The third-order valence-electron chi connectivity index (χ3n) is 2.00. The first-order chi connectivity index (χ1) is 5.95. The van der Waals surface area contributed by atoms with Crippen LogP contribution in [-0.4, -0.2) is 20.5 Å². The number of unbranched alkanes of at least 4 members (excludes halogenated alkanes) is 1. The summed E-state index contributed by atoms with van der Waals surface area (Å²) < 4.78 is 0. The molecule has 0 unspecified atom stereocenters. The Bertz CT molecular complexity index is 151. The summed E-state index contributed by atoms with van der Waals surface area (Å²) in [5.74, 6) is 0.174. The largest absolute Gasteiger partial charge is 0.356 e. The summed E-state index contributed by atoms with van der Waals surface area (Å²) in [5, 5.41) is 2.90. The third-order valence-corrected chi connectivity index (χ3v) is 3.85. The number of carbonyl (C=O) groups is 1. The highest BCUT2D eigenvalue weighted by Crippen LogP contribution is 2.11. The Morgan fingerprint density at radius 2 is 1.85 bits per heavy atom. The summed E-state index contributed by atoms with van der Waals surface area (Å²) in [4.78, 5) is 10.9. The minimum absolute atomic E-state index is 0.174. The molecule has 1 N–H and O–H groups in total. The molecule has 0 spiro atoms. The van der Waals surface area contributed by atoms with E-state index >= 15 is 0 Å². The lowest BCUT2D eigenvalue weighted by atomic mass is 10.3. The Labute approximate surface area is 83.1 Å². The van der Waals surface area contributed by atoms with E-state index in [0.29, 0.717) is 6.42 Å². The quantitative estimate of drug-likeness (QED) is 0.519. The average Bonchev–Trinajstić information content (AvgIpc) is 2.01. The molecule has 0 radical (unpaired) electrons. The lowest BCUT2D eigenvalue weighted by molar-refractivity contribution is -0.120. The van der Waals surface area contributed by atoms with Crippen LogP contribution < -0.4 is 5.32 Å². The zero-order valence-corrected chi connectivity index (χ0v) is 10.4. The molecule has 0 aliphatic heterocycles. The van der Waals surface area contributed by atoms with E-state index in [1.54, 1.807) is 0 Å². The first kappa shape index (κ1) is 12.7. The van der Waals surface area contributed by atoms with Crippen molar-refractivity contribution in [3.8, 4) is 0 Å². The van der Waals surface area contributed by atoms with Crippen LogP contribution in [0.15, 0.2) is 0 Å². The summed E-state index contributed by atoms with van der Waals surface area (Å²) in [6.45, 7) is 9.90.